The fourth-order valence-corrected chi connectivity index (χ4v) is 4.55. The standard InChI is InChI=1S/C22H25FN4O.C9H10O2.C6H12.U/c1-16(2)13-26-9-10-27(14-17(26)3)21-5-4-6-22(25-21)28-15-19-8-7-18(12-24)11-20(19)23;1-6-3-4-8(9(10)11)5-7(6)2;1-3-5-6-4-2;/h4-8,11,17H,1,9-10,13-15H2,2-3H3;3-5H,1-2H3,(H,10,11);6H,1,3-5H2,2H3;/q;;-2;+2. The SMILES string of the molecule is C=C(C)CN1CCN(c2cccc(OCc3ccc(C#N)cc3F)n2)CC1C.Cc1ccc(C(=O)O)cc1C.[CH2-]CC[CH-]CC.[U+2]. The summed E-state index contributed by atoms with van der Waals surface area (Å²) in [6.07, 6.45) is 5.66. The topological polar surface area (TPSA) is 89.7 Å². The minimum Gasteiger partial charge on any atom is -0.478 e. The van der Waals surface area contributed by atoms with Crippen molar-refractivity contribution >= 4 is 11.8 Å². The Morgan fingerprint density at radius 2 is 1.93 bits per heavy atom. The summed E-state index contributed by atoms with van der Waals surface area (Å²) in [4.78, 5) is 19.7. The van der Waals surface area contributed by atoms with Crippen LogP contribution in [0.15, 0.2) is 66.7 Å². The van der Waals surface area contributed by atoms with E-state index < -0.39 is 11.8 Å². The third-order valence-electron chi connectivity index (χ3n) is 7.28. The van der Waals surface area contributed by atoms with E-state index in [9.17, 15) is 9.18 Å². The molecule has 1 aromatic heterocycles. The Balaban J connectivity index is 0.000000484. The second-order valence-electron chi connectivity index (χ2n) is 11.2. The van der Waals surface area contributed by atoms with Crippen molar-refractivity contribution in [1.82, 2.24) is 9.88 Å². The minimum absolute atomic E-state index is 0. The van der Waals surface area contributed by atoms with Crippen LogP contribution in [0.4, 0.5) is 10.2 Å². The average Bonchev–Trinajstić information content (AvgIpc) is 3.02. The van der Waals surface area contributed by atoms with Gasteiger partial charge in [0.05, 0.1) is 17.2 Å². The van der Waals surface area contributed by atoms with Crippen LogP contribution < -0.4 is 9.64 Å². The molecule has 7 nitrogen and oxygen atoms in total. The van der Waals surface area contributed by atoms with Crippen LogP contribution in [0, 0.1) is 75.5 Å². The number of pyridine rings is 1. The van der Waals surface area contributed by atoms with E-state index in [1.165, 1.54) is 24.5 Å². The average molecular weight is 853 g/mol. The fourth-order valence-electron chi connectivity index (χ4n) is 4.55. The number of benzene rings is 2. The van der Waals surface area contributed by atoms with Crippen molar-refractivity contribution in [2.75, 3.05) is 31.1 Å². The second-order valence-corrected chi connectivity index (χ2v) is 11.2. The number of nitrogens with zero attached hydrogens (tertiary/aromatic N) is 4. The number of piperazine rings is 1. The number of aromatic nitrogens is 1. The molecule has 244 valence electrons. The molecule has 46 heavy (non-hydrogen) atoms. The van der Waals surface area contributed by atoms with Gasteiger partial charge in [0.25, 0.3) is 0 Å². The number of anilines is 1. The van der Waals surface area contributed by atoms with E-state index in [4.69, 9.17) is 15.1 Å². The molecule has 0 radical (unpaired) electrons. The zero-order valence-electron chi connectivity index (χ0n) is 27.9. The molecule has 2 heterocycles. The molecule has 1 aliphatic rings. The molecule has 1 unspecified atom stereocenters. The zero-order valence-corrected chi connectivity index (χ0v) is 32.0. The fraction of sp³-hybridized carbons (Fsp3) is 0.378. The van der Waals surface area contributed by atoms with Gasteiger partial charge in [-0.15, -0.1) is 0 Å². The molecular weight excluding hydrogens is 805 g/mol. The first-order chi connectivity index (χ1) is 21.5. The van der Waals surface area contributed by atoms with Gasteiger partial charge in [-0.05, 0) is 69.2 Å². The molecule has 4 rings (SSSR count). The Hall–Kier alpha value is -3.17. The van der Waals surface area contributed by atoms with Crippen molar-refractivity contribution in [2.24, 2.45) is 0 Å². The predicted molar refractivity (Wildman–Crippen MR) is 180 cm³/mol. The third-order valence-corrected chi connectivity index (χ3v) is 7.28. The number of ether oxygens (including phenoxy) is 1. The molecule has 9 heteroatoms. The van der Waals surface area contributed by atoms with Gasteiger partial charge in [0, 0.05) is 43.9 Å². The summed E-state index contributed by atoms with van der Waals surface area (Å²) in [5.41, 5.74) is 4.35. The van der Waals surface area contributed by atoms with E-state index in [0.29, 0.717) is 28.6 Å². The van der Waals surface area contributed by atoms with Crippen LogP contribution in [-0.4, -0.2) is 53.2 Å². The molecule has 0 bridgehead atoms. The van der Waals surface area contributed by atoms with Crippen LogP contribution in [0.3, 0.4) is 0 Å². The number of rotatable bonds is 10. The summed E-state index contributed by atoms with van der Waals surface area (Å²) in [5, 5.41) is 17.4. The first-order valence-electron chi connectivity index (χ1n) is 15.3. The molecule has 1 fully saturated rings. The van der Waals surface area contributed by atoms with E-state index >= 15 is 0 Å². The monoisotopic (exact) mass is 852 g/mol. The first kappa shape index (κ1) is 40.9. The molecule has 1 N–H and O–H groups in total. The van der Waals surface area contributed by atoms with Crippen molar-refractivity contribution < 1.29 is 50.1 Å². The van der Waals surface area contributed by atoms with Crippen LogP contribution in [0.5, 0.6) is 5.88 Å². The Morgan fingerprint density at radius 1 is 1.20 bits per heavy atom. The number of unbranched alkanes of at least 4 members (excludes halogenated alkanes) is 3. The quantitative estimate of drug-likeness (QED) is 0.126. The first-order valence-corrected chi connectivity index (χ1v) is 15.3. The van der Waals surface area contributed by atoms with Gasteiger partial charge >= 0.3 is 37.1 Å². The Kier molecular flexibility index (Phi) is 19.2. The van der Waals surface area contributed by atoms with Crippen LogP contribution in [0.2, 0.25) is 0 Å². The van der Waals surface area contributed by atoms with Gasteiger partial charge in [-0.3, -0.25) is 4.90 Å². The molecule has 1 atom stereocenters. The Labute approximate surface area is 298 Å². The van der Waals surface area contributed by atoms with Gasteiger partial charge in [0.1, 0.15) is 18.2 Å². The number of aryl methyl sites for hydroxylation is 2. The number of carboxylic acids is 1. The van der Waals surface area contributed by atoms with E-state index in [0.717, 1.165) is 49.5 Å². The molecule has 0 saturated carbocycles. The number of hydrogen-bond acceptors (Lipinski definition) is 6. The summed E-state index contributed by atoms with van der Waals surface area (Å²) < 4.78 is 19.7. The normalized spacial score (nSPS) is 14.0. The number of carbonyl (C=O) groups is 1. The van der Waals surface area contributed by atoms with Crippen LogP contribution in [0.25, 0.3) is 0 Å². The molecule has 0 aliphatic carbocycles. The van der Waals surface area contributed by atoms with E-state index in [1.807, 2.05) is 38.1 Å². The second kappa shape index (κ2) is 21.6. The van der Waals surface area contributed by atoms with Crippen molar-refractivity contribution in [1.29, 1.82) is 5.26 Å². The number of hydrogen-bond donors (Lipinski definition) is 1. The molecule has 1 saturated heterocycles. The number of aromatic carboxylic acids is 1. The molecule has 2 aromatic carbocycles. The summed E-state index contributed by atoms with van der Waals surface area (Å²) in [5.74, 6) is 0.00340. The van der Waals surface area contributed by atoms with Crippen molar-refractivity contribution in [3.63, 3.8) is 0 Å². The maximum atomic E-state index is 14.0. The maximum Gasteiger partial charge on any atom is 2.00 e. The van der Waals surface area contributed by atoms with Crippen molar-refractivity contribution in [3.8, 4) is 11.9 Å². The Bertz CT molecular complexity index is 1440. The Morgan fingerprint density at radius 3 is 2.48 bits per heavy atom. The smallest absolute Gasteiger partial charge is 0.478 e. The van der Waals surface area contributed by atoms with E-state index in [1.54, 1.807) is 30.3 Å². The molecule has 1 aliphatic heterocycles. The summed E-state index contributed by atoms with van der Waals surface area (Å²) in [6, 6.07) is 17.4. The molecular formula is C37H47FN4O3U. The largest absolute Gasteiger partial charge is 2.00 e. The summed E-state index contributed by atoms with van der Waals surface area (Å²) in [7, 11) is 0. The van der Waals surface area contributed by atoms with Gasteiger partial charge in [-0.1, -0.05) is 37.3 Å². The summed E-state index contributed by atoms with van der Waals surface area (Å²) in [6.45, 7) is 21.7. The maximum absolute atomic E-state index is 14.0. The van der Waals surface area contributed by atoms with Gasteiger partial charge < -0.3 is 28.1 Å². The van der Waals surface area contributed by atoms with Gasteiger partial charge in [-0.25, -0.2) is 22.0 Å². The zero-order chi connectivity index (χ0) is 33.4. The van der Waals surface area contributed by atoms with E-state index in [-0.39, 0.29) is 37.7 Å². The van der Waals surface area contributed by atoms with Crippen LogP contribution in [-0.2, 0) is 6.61 Å². The number of carboxylic acid groups (broad SMARTS) is 1. The van der Waals surface area contributed by atoms with E-state index in [2.05, 4.69) is 55.5 Å². The predicted octanol–water partition coefficient (Wildman–Crippen LogP) is 7.97. The van der Waals surface area contributed by atoms with Gasteiger partial charge in [0.15, 0.2) is 0 Å². The number of nitriles is 1. The molecule has 3 aromatic rings. The molecule has 0 spiro atoms. The van der Waals surface area contributed by atoms with Gasteiger partial charge in [0.2, 0.25) is 5.88 Å². The van der Waals surface area contributed by atoms with Crippen LogP contribution in [0.1, 0.15) is 72.6 Å². The number of halogens is 1. The summed E-state index contributed by atoms with van der Waals surface area (Å²) >= 11 is 0. The van der Waals surface area contributed by atoms with Crippen LogP contribution >= 0.6 is 0 Å². The van der Waals surface area contributed by atoms with Crippen molar-refractivity contribution in [2.45, 2.75) is 66.5 Å². The van der Waals surface area contributed by atoms with Gasteiger partial charge in [-0.2, -0.15) is 16.7 Å². The third kappa shape index (κ3) is 14.1. The van der Waals surface area contributed by atoms with Crippen molar-refractivity contribution in [3.05, 3.63) is 114 Å². The molecule has 0 amide bonds. The minimum atomic E-state index is -0.867.